The number of allylic oxidation sites excluding steroid dienone is 1. The summed E-state index contributed by atoms with van der Waals surface area (Å²) in [4.78, 5) is 12.5. The summed E-state index contributed by atoms with van der Waals surface area (Å²) in [5.74, 6) is 0.120. The molecule has 2 rings (SSSR count). The summed E-state index contributed by atoms with van der Waals surface area (Å²) in [6.45, 7) is 7.76. The molecule has 0 fully saturated rings. The van der Waals surface area contributed by atoms with Crippen LogP contribution in [0.3, 0.4) is 0 Å². The second-order valence-electron chi connectivity index (χ2n) is 5.68. The summed E-state index contributed by atoms with van der Waals surface area (Å²) < 4.78 is 5.62. The van der Waals surface area contributed by atoms with Gasteiger partial charge in [-0.25, -0.2) is 0 Å². The van der Waals surface area contributed by atoms with E-state index in [9.17, 15) is 10.1 Å². The van der Waals surface area contributed by atoms with Crippen LogP contribution in [0.2, 0.25) is 10.0 Å². The molecule has 28 heavy (non-hydrogen) atoms. The lowest BCUT2D eigenvalue weighted by Crippen LogP contribution is -2.13. The highest BCUT2D eigenvalue weighted by atomic mass is 35.5. The van der Waals surface area contributed by atoms with Crippen LogP contribution in [0.4, 0.5) is 5.69 Å². The SMILES string of the molecule is C=CCOc1ccc(/C=C(/C#N)C(=O)Nc2cccc(Cl)c2Cl)cc1CC=C. The van der Waals surface area contributed by atoms with Crippen molar-refractivity contribution in [3.05, 3.63) is 88.5 Å². The molecule has 0 aromatic heterocycles. The Morgan fingerprint density at radius 2 is 2.00 bits per heavy atom. The molecule has 1 amide bonds. The number of hydrogen-bond donors (Lipinski definition) is 1. The third kappa shape index (κ3) is 5.50. The van der Waals surface area contributed by atoms with Crippen molar-refractivity contribution in [2.24, 2.45) is 0 Å². The van der Waals surface area contributed by atoms with E-state index in [1.54, 1.807) is 42.5 Å². The van der Waals surface area contributed by atoms with Gasteiger partial charge in [0.1, 0.15) is 24.0 Å². The number of hydrogen-bond acceptors (Lipinski definition) is 3. The van der Waals surface area contributed by atoms with Gasteiger partial charge in [-0.1, -0.05) is 54.1 Å². The summed E-state index contributed by atoms with van der Waals surface area (Å²) >= 11 is 12.0. The Bertz CT molecular complexity index is 975. The average molecular weight is 413 g/mol. The number of amides is 1. The van der Waals surface area contributed by atoms with E-state index in [1.807, 2.05) is 12.1 Å². The number of anilines is 1. The Morgan fingerprint density at radius 3 is 2.68 bits per heavy atom. The molecule has 0 spiro atoms. The van der Waals surface area contributed by atoms with E-state index in [0.29, 0.717) is 35.1 Å². The van der Waals surface area contributed by atoms with E-state index in [4.69, 9.17) is 27.9 Å². The third-order valence-electron chi connectivity index (χ3n) is 3.68. The fourth-order valence-electron chi connectivity index (χ4n) is 2.40. The molecule has 1 N–H and O–H groups in total. The van der Waals surface area contributed by atoms with Crippen LogP contribution >= 0.6 is 23.2 Å². The molecule has 0 aliphatic heterocycles. The first kappa shape index (κ1) is 21.3. The van der Waals surface area contributed by atoms with Crippen LogP contribution in [0.5, 0.6) is 5.75 Å². The van der Waals surface area contributed by atoms with E-state index in [-0.39, 0.29) is 10.6 Å². The minimum absolute atomic E-state index is 0.0691. The van der Waals surface area contributed by atoms with Gasteiger partial charge < -0.3 is 10.1 Å². The predicted molar refractivity (Wildman–Crippen MR) is 115 cm³/mol. The molecule has 0 saturated carbocycles. The number of carbonyl (C=O) groups is 1. The maximum absolute atomic E-state index is 12.5. The van der Waals surface area contributed by atoms with Crippen molar-refractivity contribution in [2.45, 2.75) is 6.42 Å². The van der Waals surface area contributed by atoms with Gasteiger partial charge >= 0.3 is 0 Å². The summed E-state index contributed by atoms with van der Waals surface area (Å²) in [5, 5.41) is 12.5. The van der Waals surface area contributed by atoms with E-state index in [0.717, 1.165) is 5.56 Å². The molecule has 0 radical (unpaired) electrons. The zero-order valence-corrected chi connectivity index (χ0v) is 16.6. The number of rotatable bonds is 8. The van der Waals surface area contributed by atoms with Crippen molar-refractivity contribution in [3.63, 3.8) is 0 Å². The normalized spacial score (nSPS) is 10.7. The number of nitriles is 1. The lowest BCUT2D eigenvalue weighted by atomic mass is 10.0. The van der Waals surface area contributed by atoms with E-state index in [2.05, 4.69) is 18.5 Å². The number of ether oxygens (including phenoxy) is 1. The summed E-state index contributed by atoms with van der Waals surface area (Å²) in [6, 6.07) is 12.2. The summed E-state index contributed by atoms with van der Waals surface area (Å²) in [6.07, 6.45) is 5.49. The molecule has 0 aliphatic carbocycles. The predicted octanol–water partition coefficient (Wildman–Crippen LogP) is 5.83. The average Bonchev–Trinajstić information content (AvgIpc) is 2.69. The summed E-state index contributed by atoms with van der Waals surface area (Å²) in [7, 11) is 0. The number of benzene rings is 2. The molecule has 0 aliphatic rings. The minimum atomic E-state index is -0.580. The molecule has 0 bridgehead atoms. The molecule has 0 heterocycles. The van der Waals surface area contributed by atoms with Gasteiger partial charge in [0.05, 0.1) is 15.7 Å². The maximum Gasteiger partial charge on any atom is 0.266 e. The smallest absolute Gasteiger partial charge is 0.266 e. The molecule has 0 unspecified atom stereocenters. The molecule has 0 atom stereocenters. The first-order valence-electron chi connectivity index (χ1n) is 8.34. The molecule has 4 nitrogen and oxygen atoms in total. The topological polar surface area (TPSA) is 62.1 Å². The van der Waals surface area contributed by atoms with Gasteiger partial charge in [0.2, 0.25) is 0 Å². The van der Waals surface area contributed by atoms with Crippen LogP contribution in [0.1, 0.15) is 11.1 Å². The monoisotopic (exact) mass is 412 g/mol. The van der Waals surface area contributed by atoms with Crippen molar-refractivity contribution in [3.8, 4) is 11.8 Å². The van der Waals surface area contributed by atoms with Gasteiger partial charge in [0.25, 0.3) is 5.91 Å². The lowest BCUT2D eigenvalue weighted by molar-refractivity contribution is -0.112. The lowest BCUT2D eigenvalue weighted by Gasteiger charge is -2.10. The van der Waals surface area contributed by atoms with Gasteiger partial charge in [0.15, 0.2) is 0 Å². The van der Waals surface area contributed by atoms with Gasteiger partial charge in [-0.15, -0.1) is 6.58 Å². The molecular weight excluding hydrogens is 395 g/mol. The second kappa shape index (κ2) is 10.4. The van der Waals surface area contributed by atoms with Crippen LogP contribution in [0, 0.1) is 11.3 Å². The van der Waals surface area contributed by atoms with Crippen molar-refractivity contribution in [1.82, 2.24) is 0 Å². The molecule has 142 valence electrons. The third-order valence-corrected chi connectivity index (χ3v) is 4.50. The summed E-state index contributed by atoms with van der Waals surface area (Å²) in [5.41, 5.74) is 1.84. The van der Waals surface area contributed by atoms with Crippen LogP contribution in [0.25, 0.3) is 6.08 Å². The number of nitrogens with one attached hydrogen (secondary N) is 1. The Hall–Kier alpha value is -3.00. The van der Waals surface area contributed by atoms with E-state index in [1.165, 1.54) is 6.08 Å². The Balaban J connectivity index is 2.30. The zero-order chi connectivity index (χ0) is 20.5. The first-order chi connectivity index (χ1) is 13.5. The number of nitrogens with zero attached hydrogens (tertiary/aromatic N) is 1. The highest BCUT2D eigenvalue weighted by molar-refractivity contribution is 6.44. The molecule has 6 heteroatoms. The van der Waals surface area contributed by atoms with Crippen LogP contribution in [-0.2, 0) is 11.2 Å². The number of carbonyl (C=O) groups excluding carboxylic acids is 1. The van der Waals surface area contributed by atoms with Crippen molar-refractivity contribution < 1.29 is 9.53 Å². The van der Waals surface area contributed by atoms with E-state index >= 15 is 0 Å². The quantitative estimate of drug-likeness (QED) is 0.336. The fourth-order valence-corrected chi connectivity index (χ4v) is 2.75. The minimum Gasteiger partial charge on any atom is -0.489 e. The van der Waals surface area contributed by atoms with Crippen molar-refractivity contribution in [2.75, 3.05) is 11.9 Å². The Morgan fingerprint density at radius 1 is 1.21 bits per heavy atom. The highest BCUT2D eigenvalue weighted by Gasteiger charge is 2.13. The maximum atomic E-state index is 12.5. The van der Waals surface area contributed by atoms with Crippen molar-refractivity contribution >= 4 is 40.9 Å². The standard InChI is InChI=1S/C22H18Cl2N2O2/c1-3-6-16-12-15(9-10-20(16)28-11-4-2)13-17(14-25)22(27)26-19-8-5-7-18(23)21(19)24/h3-5,7-10,12-13H,1-2,6,11H2,(H,26,27)/b17-13-. The van der Waals surface area contributed by atoms with Crippen molar-refractivity contribution in [1.29, 1.82) is 5.26 Å². The highest BCUT2D eigenvalue weighted by Crippen LogP contribution is 2.30. The van der Waals surface area contributed by atoms with Crippen LogP contribution < -0.4 is 10.1 Å². The second-order valence-corrected chi connectivity index (χ2v) is 6.47. The van der Waals surface area contributed by atoms with Crippen LogP contribution in [0.15, 0.2) is 67.3 Å². The molecule has 2 aromatic rings. The number of halogens is 2. The van der Waals surface area contributed by atoms with Gasteiger partial charge in [-0.3, -0.25) is 4.79 Å². The molecule has 2 aromatic carbocycles. The first-order valence-corrected chi connectivity index (χ1v) is 9.10. The van der Waals surface area contributed by atoms with Gasteiger partial charge in [-0.2, -0.15) is 5.26 Å². The van der Waals surface area contributed by atoms with Crippen LogP contribution in [-0.4, -0.2) is 12.5 Å². The van der Waals surface area contributed by atoms with Gasteiger partial charge in [0, 0.05) is 0 Å². The largest absolute Gasteiger partial charge is 0.489 e. The zero-order valence-electron chi connectivity index (χ0n) is 15.0. The molecular formula is C22H18Cl2N2O2. The molecule has 0 saturated heterocycles. The Labute approximate surface area is 174 Å². The fraction of sp³-hybridized carbons (Fsp3) is 0.0909. The van der Waals surface area contributed by atoms with E-state index < -0.39 is 5.91 Å². The Kier molecular flexibility index (Phi) is 7.88. The van der Waals surface area contributed by atoms with Gasteiger partial charge in [-0.05, 0) is 47.9 Å².